The van der Waals surface area contributed by atoms with Crippen molar-refractivity contribution in [3.8, 4) is 5.75 Å². The maximum absolute atomic E-state index is 5.28. The number of thiocarbonyl (C=S) groups is 1. The van der Waals surface area contributed by atoms with Crippen molar-refractivity contribution in [2.24, 2.45) is 0 Å². The molecule has 7 heteroatoms. The van der Waals surface area contributed by atoms with E-state index in [-0.39, 0.29) is 0 Å². The van der Waals surface area contributed by atoms with Crippen LogP contribution < -0.4 is 15.4 Å². The van der Waals surface area contributed by atoms with Crippen LogP contribution >= 0.6 is 12.2 Å². The molecule has 0 aliphatic rings. The first-order chi connectivity index (χ1) is 11.7. The lowest BCUT2D eigenvalue weighted by Crippen LogP contribution is -2.29. The van der Waals surface area contributed by atoms with Gasteiger partial charge in [-0.25, -0.2) is 0 Å². The van der Waals surface area contributed by atoms with Gasteiger partial charge < -0.3 is 20.1 Å². The van der Waals surface area contributed by atoms with Crippen LogP contribution in [0.25, 0.3) is 0 Å². The van der Waals surface area contributed by atoms with E-state index in [1.807, 2.05) is 42.1 Å². The summed E-state index contributed by atoms with van der Waals surface area (Å²) in [5, 5.41) is 11.2. The van der Waals surface area contributed by atoms with E-state index >= 15 is 0 Å². The van der Waals surface area contributed by atoms with Crippen LogP contribution in [0.5, 0.6) is 5.75 Å². The van der Waals surface area contributed by atoms with Gasteiger partial charge in [-0.05, 0) is 43.3 Å². The minimum absolute atomic E-state index is 0.590. The van der Waals surface area contributed by atoms with Gasteiger partial charge in [0.05, 0.1) is 25.5 Å². The first-order valence-electron chi connectivity index (χ1n) is 7.99. The number of hydrogen-bond acceptors (Lipinski definition) is 4. The molecule has 6 nitrogen and oxygen atoms in total. The fraction of sp³-hybridized carbons (Fsp3) is 0.412. The molecule has 2 rings (SSSR count). The second-order valence-corrected chi connectivity index (χ2v) is 5.62. The summed E-state index contributed by atoms with van der Waals surface area (Å²) in [5.41, 5.74) is 1.99. The van der Waals surface area contributed by atoms with Crippen molar-refractivity contribution in [3.63, 3.8) is 0 Å². The fourth-order valence-electron chi connectivity index (χ4n) is 2.17. The van der Waals surface area contributed by atoms with Gasteiger partial charge in [0.25, 0.3) is 0 Å². The van der Waals surface area contributed by atoms with Gasteiger partial charge in [-0.15, -0.1) is 0 Å². The lowest BCUT2D eigenvalue weighted by molar-refractivity contribution is 0.146. The Labute approximate surface area is 148 Å². The lowest BCUT2D eigenvalue weighted by atomic mass is 10.2. The molecule has 0 unspecified atom stereocenters. The third kappa shape index (κ3) is 6.17. The molecule has 0 bridgehead atoms. The molecule has 0 saturated heterocycles. The number of hydrogen-bond donors (Lipinski definition) is 2. The highest BCUT2D eigenvalue weighted by atomic mass is 32.1. The number of ether oxygens (including phenoxy) is 2. The minimum Gasteiger partial charge on any atom is -0.497 e. The molecule has 0 amide bonds. The first kappa shape index (κ1) is 18.2. The molecule has 0 aliphatic heterocycles. The molecule has 0 fully saturated rings. The third-order valence-corrected chi connectivity index (χ3v) is 3.57. The van der Waals surface area contributed by atoms with Crippen LogP contribution in [0.4, 0.5) is 5.69 Å². The number of nitrogens with one attached hydrogen (secondary N) is 2. The molecule has 2 N–H and O–H groups in total. The molecular formula is C17H24N4O2S. The van der Waals surface area contributed by atoms with Crippen LogP contribution in [-0.4, -0.2) is 41.8 Å². The van der Waals surface area contributed by atoms with Crippen molar-refractivity contribution in [2.75, 3.05) is 32.2 Å². The summed E-state index contributed by atoms with van der Waals surface area (Å²) < 4.78 is 12.4. The Morgan fingerprint density at radius 3 is 3.04 bits per heavy atom. The Balaban J connectivity index is 1.79. The van der Waals surface area contributed by atoms with Gasteiger partial charge >= 0.3 is 0 Å². The smallest absolute Gasteiger partial charge is 0.170 e. The molecule has 24 heavy (non-hydrogen) atoms. The summed E-state index contributed by atoms with van der Waals surface area (Å²) in [4.78, 5) is 0. The zero-order valence-electron chi connectivity index (χ0n) is 14.1. The van der Waals surface area contributed by atoms with Crippen molar-refractivity contribution >= 4 is 23.0 Å². The predicted octanol–water partition coefficient (Wildman–Crippen LogP) is 2.65. The van der Waals surface area contributed by atoms with Gasteiger partial charge in [-0.1, -0.05) is 12.1 Å². The van der Waals surface area contributed by atoms with E-state index in [0.717, 1.165) is 43.2 Å². The summed E-state index contributed by atoms with van der Waals surface area (Å²) in [6.45, 7) is 4.93. The number of nitrogens with zero attached hydrogens (tertiary/aromatic N) is 2. The highest BCUT2D eigenvalue weighted by Gasteiger charge is 2.03. The SMILES string of the molecule is CCOCCCNC(=S)Nc1cnn(Cc2cccc(OC)c2)c1. The fourth-order valence-corrected chi connectivity index (χ4v) is 2.39. The summed E-state index contributed by atoms with van der Waals surface area (Å²) >= 11 is 5.27. The molecule has 130 valence electrons. The van der Waals surface area contributed by atoms with Crippen LogP contribution in [0.3, 0.4) is 0 Å². The molecule has 1 heterocycles. The van der Waals surface area contributed by atoms with Gasteiger partial charge in [-0.3, -0.25) is 4.68 Å². The van der Waals surface area contributed by atoms with E-state index in [2.05, 4.69) is 15.7 Å². The molecule has 1 aromatic heterocycles. The van der Waals surface area contributed by atoms with Gasteiger partial charge in [0, 0.05) is 26.0 Å². The van der Waals surface area contributed by atoms with E-state index < -0.39 is 0 Å². The Morgan fingerprint density at radius 1 is 1.38 bits per heavy atom. The van der Waals surface area contributed by atoms with E-state index in [1.165, 1.54) is 0 Å². The van der Waals surface area contributed by atoms with E-state index in [9.17, 15) is 0 Å². The average molecular weight is 348 g/mol. The monoisotopic (exact) mass is 348 g/mol. The van der Waals surface area contributed by atoms with E-state index in [4.69, 9.17) is 21.7 Å². The standard InChI is InChI=1S/C17H24N4O2S/c1-3-23-9-5-8-18-17(24)20-15-11-19-21(13-15)12-14-6-4-7-16(10-14)22-2/h4,6-7,10-11,13H,3,5,8-9,12H2,1-2H3,(H2,18,20,24). The van der Waals surface area contributed by atoms with Crippen molar-refractivity contribution in [1.29, 1.82) is 0 Å². The minimum atomic E-state index is 0.590. The molecule has 1 aromatic carbocycles. The van der Waals surface area contributed by atoms with Crippen molar-refractivity contribution in [2.45, 2.75) is 19.9 Å². The van der Waals surface area contributed by atoms with Crippen molar-refractivity contribution in [1.82, 2.24) is 15.1 Å². The van der Waals surface area contributed by atoms with Gasteiger partial charge in [-0.2, -0.15) is 5.10 Å². The van der Waals surface area contributed by atoms with Crippen LogP contribution in [0.15, 0.2) is 36.7 Å². The maximum atomic E-state index is 5.28. The highest BCUT2D eigenvalue weighted by Crippen LogP contribution is 2.14. The Hall–Kier alpha value is -2.12. The molecule has 0 aliphatic carbocycles. The predicted molar refractivity (Wildman–Crippen MR) is 99.7 cm³/mol. The molecule has 2 aromatic rings. The van der Waals surface area contributed by atoms with Crippen LogP contribution in [-0.2, 0) is 11.3 Å². The Morgan fingerprint density at radius 2 is 2.25 bits per heavy atom. The molecule has 0 spiro atoms. The van der Waals surface area contributed by atoms with E-state index in [0.29, 0.717) is 11.7 Å². The summed E-state index contributed by atoms with van der Waals surface area (Å²) in [6, 6.07) is 7.94. The second kappa shape index (κ2) is 9.89. The lowest BCUT2D eigenvalue weighted by Gasteiger charge is -2.08. The third-order valence-electron chi connectivity index (χ3n) is 3.32. The van der Waals surface area contributed by atoms with Crippen LogP contribution in [0.1, 0.15) is 18.9 Å². The largest absolute Gasteiger partial charge is 0.497 e. The van der Waals surface area contributed by atoms with Crippen molar-refractivity contribution in [3.05, 3.63) is 42.2 Å². The molecule has 0 saturated carbocycles. The Kier molecular flexibility index (Phi) is 7.51. The zero-order chi connectivity index (χ0) is 17.2. The Bertz CT molecular complexity index is 645. The van der Waals surface area contributed by atoms with Gasteiger partial charge in [0.15, 0.2) is 5.11 Å². The van der Waals surface area contributed by atoms with Gasteiger partial charge in [0.2, 0.25) is 0 Å². The number of anilines is 1. The van der Waals surface area contributed by atoms with Gasteiger partial charge in [0.1, 0.15) is 5.75 Å². The van der Waals surface area contributed by atoms with Crippen LogP contribution in [0.2, 0.25) is 0 Å². The van der Waals surface area contributed by atoms with Crippen molar-refractivity contribution < 1.29 is 9.47 Å². The first-order valence-corrected chi connectivity index (χ1v) is 8.40. The number of methoxy groups -OCH3 is 1. The summed E-state index contributed by atoms with van der Waals surface area (Å²) in [7, 11) is 1.66. The molecule has 0 radical (unpaired) electrons. The number of rotatable bonds is 9. The molecular weight excluding hydrogens is 324 g/mol. The second-order valence-electron chi connectivity index (χ2n) is 5.21. The zero-order valence-corrected chi connectivity index (χ0v) is 14.9. The summed E-state index contributed by atoms with van der Waals surface area (Å²) in [5.74, 6) is 0.843. The highest BCUT2D eigenvalue weighted by molar-refractivity contribution is 7.80. The normalized spacial score (nSPS) is 10.4. The van der Waals surface area contributed by atoms with Crippen LogP contribution in [0, 0.1) is 0 Å². The van der Waals surface area contributed by atoms with E-state index in [1.54, 1.807) is 13.3 Å². The molecule has 0 atom stereocenters. The summed E-state index contributed by atoms with van der Waals surface area (Å²) in [6.07, 6.45) is 4.60. The maximum Gasteiger partial charge on any atom is 0.170 e. The average Bonchev–Trinajstić information content (AvgIpc) is 3.01. The number of aromatic nitrogens is 2. The topological polar surface area (TPSA) is 60.3 Å². The quantitative estimate of drug-likeness (QED) is 0.537. The number of benzene rings is 1.